The van der Waals surface area contributed by atoms with Gasteiger partial charge in [-0.25, -0.2) is 0 Å². The van der Waals surface area contributed by atoms with Crippen LogP contribution in [-0.2, 0) is 4.79 Å². The molecule has 1 aromatic carbocycles. The Kier molecular flexibility index (Phi) is 3.33. The number of likely N-dealkylation sites (N-methyl/N-ethyl adjacent to an activating group) is 1. The molecular formula is C13H18N2O2. The molecule has 1 heterocycles. The molecule has 92 valence electrons. The van der Waals surface area contributed by atoms with Crippen LogP contribution < -0.4 is 15.0 Å². The van der Waals surface area contributed by atoms with Crippen LogP contribution in [0.15, 0.2) is 18.2 Å². The molecule has 1 aliphatic rings. The highest BCUT2D eigenvalue weighted by atomic mass is 16.5. The zero-order valence-electron chi connectivity index (χ0n) is 10.5. The number of carbonyl (C=O) groups excluding carboxylic acids is 1. The lowest BCUT2D eigenvalue weighted by molar-refractivity contribution is -0.119. The van der Waals surface area contributed by atoms with Gasteiger partial charge in [0.05, 0.1) is 7.11 Å². The predicted molar refractivity (Wildman–Crippen MR) is 67.4 cm³/mol. The molecule has 0 fully saturated rings. The summed E-state index contributed by atoms with van der Waals surface area (Å²) in [7, 11) is 3.44. The first-order valence-corrected chi connectivity index (χ1v) is 5.89. The number of ether oxygens (including phenoxy) is 1. The minimum absolute atomic E-state index is 0.123. The number of nitrogens with one attached hydrogen (secondary N) is 1. The number of anilines is 1. The van der Waals surface area contributed by atoms with Crippen LogP contribution in [0.5, 0.6) is 5.75 Å². The first-order chi connectivity index (χ1) is 8.22. The van der Waals surface area contributed by atoms with Gasteiger partial charge in [0.1, 0.15) is 11.8 Å². The summed E-state index contributed by atoms with van der Waals surface area (Å²) in [5.74, 6) is 0.910. The normalized spacial score (nSPS) is 18.4. The van der Waals surface area contributed by atoms with Crippen LogP contribution in [0.3, 0.4) is 0 Å². The molecule has 0 saturated carbocycles. The van der Waals surface area contributed by atoms with Crippen LogP contribution >= 0.6 is 0 Å². The van der Waals surface area contributed by atoms with Crippen LogP contribution in [0.4, 0.5) is 5.69 Å². The van der Waals surface area contributed by atoms with Gasteiger partial charge in [-0.15, -0.1) is 0 Å². The van der Waals surface area contributed by atoms with E-state index in [2.05, 4.69) is 12.2 Å². The molecule has 0 spiro atoms. The first-order valence-electron chi connectivity index (χ1n) is 5.89. The number of benzene rings is 1. The van der Waals surface area contributed by atoms with Crippen LogP contribution in [0.25, 0.3) is 0 Å². The van der Waals surface area contributed by atoms with Gasteiger partial charge in [-0.2, -0.15) is 0 Å². The lowest BCUT2D eigenvalue weighted by Gasteiger charge is -2.16. The molecule has 17 heavy (non-hydrogen) atoms. The second-order valence-electron chi connectivity index (χ2n) is 4.14. The number of methoxy groups -OCH3 is 1. The number of rotatable bonds is 4. The summed E-state index contributed by atoms with van der Waals surface area (Å²) in [5.41, 5.74) is 2.00. The van der Waals surface area contributed by atoms with Crippen molar-refractivity contribution in [2.24, 2.45) is 0 Å². The van der Waals surface area contributed by atoms with Gasteiger partial charge in [0, 0.05) is 17.8 Å². The third-order valence-corrected chi connectivity index (χ3v) is 3.09. The highest BCUT2D eigenvalue weighted by Crippen LogP contribution is 2.37. The standard InChI is InChI=1S/C13H18N2O2/c1-4-7-15-11-6-5-9(17-3)8-10(11)12(14-2)13(15)16/h5-6,8,12,14H,4,7H2,1-3H3. The summed E-state index contributed by atoms with van der Waals surface area (Å²) < 4.78 is 5.21. The van der Waals surface area contributed by atoms with Crippen molar-refractivity contribution in [3.8, 4) is 5.75 Å². The highest BCUT2D eigenvalue weighted by Gasteiger charge is 2.35. The summed E-state index contributed by atoms with van der Waals surface area (Å²) >= 11 is 0. The van der Waals surface area contributed by atoms with Crippen LogP contribution in [0.2, 0.25) is 0 Å². The van der Waals surface area contributed by atoms with Gasteiger partial charge in [-0.05, 0) is 31.7 Å². The number of nitrogens with zero attached hydrogens (tertiary/aromatic N) is 1. The number of fused-ring (bicyclic) bond motifs is 1. The molecule has 1 unspecified atom stereocenters. The lowest BCUT2D eigenvalue weighted by atomic mass is 10.1. The van der Waals surface area contributed by atoms with Crippen molar-refractivity contribution < 1.29 is 9.53 Å². The molecule has 2 rings (SSSR count). The Balaban J connectivity index is 2.44. The fraction of sp³-hybridized carbons (Fsp3) is 0.462. The van der Waals surface area contributed by atoms with Crippen molar-refractivity contribution in [1.82, 2.24) is 5.32 Å². The minimum Gasteiger partial charge on any atom is -0.497 e. The van der Waals surface area contributed by atoms with Crippen molar-refractivity contribution in [1.29, 1.82) is 0 Å². The molecule has 0 saturated heterocycles. The molecule has 1 aliphatic heterocycles. The molecule has 1 atom stereocenters. The monoisotopic (exact) mass is 234 g/mol. The van der Waals surface area contributed by atoms with Gasteiger partial charge >= 0.3 is 0 Å². The maximum Gasteiger partial charge on any atom is 0.248 e. The smallest absolute Gasteiger partial charge is 0.248 e. The fourth-order valence-electron chi connectivity index (χ4n) is 2.28. The van der Waals surface area contributed by atoms with E-state index in [1.807, 2.05) is 23.1 Å². The summed E-state index contributed by atoms with van der Waals surface area (Å²) in [6.07, 6.45) is 0.952. The summed E-state index contributed by atoms with van der Waals surface area (Å²) in [5, 5.41) is 3.06. The Morgan fingerprint density at radius 1 is 1.47 bits per heavy atom. The van der Waals surface area contributed by atoms with E-state index in [-0.39, 0.29) is 11.9 Å². The number of amides is 1. The molecule has 1 aromatic rings. The minimum atomic E-state index is -0.244. The summed E-state index contributed by atoms with van der Waals surface area (Å²) in [6, 6.07) is 5.54. The largest absolute Gasteiger partial charge is 0.497 e. The fourth-order valence-corrected chi connectivity index (χ4v) is 2.28. The Morgan fingerprint density at radius 3 is 2.82 bits per heavy atom. The van der Waals surface area contributed by atoms with Gasteiger partial charge in [0.2, 0.25) is 5.91 Å². The van der Waals surface area contributed by atoms with E-state index in [0.717, 1.165) is 30.0 Å². The van der Waals surface area contributed by atoms with E-state index in [1.165, 1.54) is 0 Å². The maximum atomic E-state index is 12.2. The van der Waals surface area contributed by atoms with Crippen LogP contribution in [-0.4, -0.2) is 26.6 Å². The first kappa shape index (κ1) is 11.9. The molecule has 4 nitrogen and oxygen atoms in total. The number of hydrogen-bond donors (Lipinski definition) is 1. The Morgan fingerprint density at radius 2 is 2.24 bits per heavy atom. The molecule has 0 bridgehead atoms. The van der Waals surface area contributed by atoms with E-state index in [4.69, 9.17) is 4.74 Å². The molecular weight excluding hydrogens is 216 g/mol. The average Bonchev–Trinajstić information content (AvgIpc) is 2.62. The Hall–Kier alpha value is -1.55. The highest BCUT2D eigenvalue weighted by molar-refractivity contribution is 6.04. The van der Waals surface area contributed by atoms with Gasteiger partial charge in [-0.3, -0.25) is 4.79 Å². The zero-order valence-corrected chi connectivity index (χ0v) is 10.5. The van der Waals surface area contributed by atoms with E-state index >= 15 is 0 Å². The third kappa shape index (κ3) is 1.89. The van der Waals surface area contributed by atoms with Gasteiger partial charge in [0.15, 0.2) is 0 Å². The van der Waals surface area contributed by atoms with Crippen molar-refractivity contribution in [2.75, 3.05) is 25.6 Å². The van der Waals surface area contributed by atoms with Crippen molar-refractivity contribution in [3.05, 3.63) is 23.8 Å². The Labute approximate surface area is 102 Å². The van der Waals surface area contributed by atoms with E-state index in [0.29, 0.717) is 0 Å². The zero-order chi connectivity index (χ0) is 12.4. The predicted octanol–water partition coefficient (Wildman–Crippen LogP) is 1.71. The van der Waals surface area contributed by atoms with Crippen molar-refractivity contribution >= 4 is 11.6 Å². The molecule has 0 aromatic heterocycles. The average molecular weight is 234 g/mol. The SMILES string of the molecule is CCCN1C(=O)C(NC)c2cc(OC)ccc21. The number of hydrogen-bond acceptors (Lipinski definition) is 3. The topological polar surface area (TPSA) is 41.6 Å². The molecule has 1 amide bonds. The molecule has 0 aliphatic carbocycles. The van der Waals surface area contributed by atoms with Crippen molar-refractivity contribution in [2.45, 2.75) is 19.4 Å². The van der Waals surface area contributed by atoms with E-state index < -0.39 is 0 Å². The van der Waals surface area contributed by atoms with E-state index in [1.54, 1.807) is 14.2 Å². The van der Waals surface area contributed by atoms with Crippen LogP contribution in [0.1, 0.15) is 24.9 Å². The van der Waals surface area contributed by atoms with Crippen molar-refractivity contribution in [3.63, 3.8) is 0 Å². The molecule has 1 N–H and O–H groups in total. The number of carbonyl (C=O) groups is 1. The summed E-state index contributed by atoms with van der Waals surface area (Å²) in [4.78, 5) is 14.0. The lowest BCUT2D eigenvalue weighted by Crippen LogP contribution is -2.33. The summed E-state index contributed by atoms with van der Waals surface area (Å²) in [6.45, 7) is 2.83. The Bertz CT molecular complexity index is 431. The molecule has 0 radical (unpaired) electrons. The van der Waals surface area contributed by atoms with Gasteiger partial charge in [-0.1, -0.05) is 6.92 Å². The van der Waals surface area contributed by atoms with Gasteiger partial charge in [0.25, 0.3) is 0 Å². The van der Waals surface area contributed by atoms with Crippen LogP contribution in [0, 0.1) is 0 Å². The maximum absolute atomic E-state index is 12.2. The third-order valence-electron chi connectivity index (χ3n) is 3.09. The second-order valence-corrected chi connectivity index (χ2v) is 4.14. The van der Waals surface area contributed by atoms with Gasteiger partial charge < -0.3 is 15.0 Å². The van der Waals surface area contributed by atoms with E-state index in [9.17, 15) is 4.79 Å². The second kappa shape index (κ2) is 4.75. The quantitative estimate of drug-likeness (QED) is 0.862. The molecule has 4 heteroatoms.